The zero-order valence-electron chi connectivity index (χ0n) is 10.4. The van der Waals surface area contributed by atoms with Crippen molar-refractivity contribution in [1.82, 2.24) is 5.32 Å². The fourth-order valence-electron chi connectivity index (χ4n) is 2.77. The van der Waals surface area contributed by atoms with Gasteiger partial charge in [-0.05, 0) is 44.4 Å². The van der Waals surface area contributed by atoms with Gasteiger partial charge in [-0.15, -0.1) is 0 Å². The second-order valence-corrected chi connectivity index (χ2v) is 5.30. The molecule has 1 aromatic rings. The number of anilines is 1. The first-order valence-corrected chi connectivity index (χ1v) is 6.52. The number of nitrogens with one attached hydrogen (secondary N) is 2. The molecular formula is C14H20N2O. The summed E-state index contributed by atoms with van der Waals surface area (Å²) in [7, 11) is 0. The highest BCUT2D eigenvalue weighted by Crippen LogP contribution is 2.35. The Hall–Kier alpha value is -1.22. The summed E-state index contributed by atoms with van der Waals surface area (Å²) in [6.07, 6.45) is 3.43. The fourth-order valence-corrected chi connectivity index (χ4v) is 2.77. The van der Waals surface area contributed by atoms with E-state index in [9.17, 15) is 0 Å². The summed E-state index contributed by atoms with van der Waals surface area (Å²) >= 11 is 0. The summed E-state index contributed by atoms with van der Waals surface area (Å²) in [5, 5.41) is 6.85. The number of fused-ring (bicyclic) bond motifs is 1. The van der Waals surface area contributed by atoms with Crippen molar-refractivity contribution >= 4 is 5.69 Å². The fraction of sp³-hybridized carbons (Fsp3) is 0.571. The highest BCUT2D eigenvalue weighted by molar-refractivity contribution is 5.65. The SMILES string of the molecule is CC1(Oc2cccc3c2NCC3)CCCNC1. The monoisotopic (exact) mass is 232 g/mol. The Labute approximate surface area is 103 Å². The molecule has 2 aliphatic heterocycles. The number of benzene rings is 1. The molecule has 17 heavy (non-hydrogen) atoms. The third-order valence-electron chi connectivity index (χ3n) is 3.72. The normalized spacial score (nSPS) is 27.4. The number of para-hydroxylation sites is 1. The maximum absolute atomic E-state index is 6.26. The second-order valence-electron chi connectivity index (χ2n) is 5.30. The molecular weight excluding hydrogens is 212 g/mol. The first-order valence-electron chi connectivity index (χ1n) is 6.52. The van der Waals surface area contributed by atoms with E-state index in [0.717, 1.165) is 38.2 Å². The maximum atomic E-state index is 6.26. The third kappa shape index (κ3) is 2.12. The molecule has 1 atom stereocenters. The predicted octanol–water partition coefficient (Wildman–Crippen LogP) is 2.18. The number of ether oxygens (including phenoxy) is 1. The van der Waals surface area contributed by atoms with Crippen molar-refractivity contribution in [3.8, 4) is 5.75 Å². The first kappa shape index (κ1) is 10.9. The Morgan fingerprint density at radius 3 is 3.06 bits per heavy atom. The van der Waals surface area contributed by atoms with E-state index >= 15 is 0 Å². The Morgan fingerprint density at radius 1 is 1.29 bits per heavy atom. The van der Waals surface area contributed by atoms with E-state index < -0.39 is 0 Å². The minimum absolute atomic E-state index is 0.0579. The molecule has 1 unspecified atom stereocenters. The predicted molar refractivity (Wildman–Crippen MR) is 69.8 cm³/mol. The van der Waals surface area contributed by atoms with E-state index in [0.29, 0.717) is 0 Å². The van der Waals surface area contributed by atoms with Crippen molar-refractivity contribution in [3.63, 3.8) is 0 Å². The Morgan fingerprint density at radius 2 is 2.24 bits per heavy atom. The molecule has 1 aromatic carbocycles. The van der Waals surface area contributed by atoms with Crippen molar-refractivity contribution < 1.29 is 4.74 Å². The molecule has 3 rings (SSSR count). The van der Waals surface area contributed by atoms with Gasteiger partial charge in [-0.2, -0.15) is 0 Å². The number of hydrogen-bond acceptors (Lipinski definition) is 3. The molecule has 0 aliphatic carbocycles. The van der Waals surface area contributed by atoms with E-state index in [2.05, 4.69) is 35.8 Å². The summed E-state index contributed by atoms with van der Waals surface area (Å²) < 4.78 is 6.26. The Balaban J connectivity index is 1.83. The quantitative estimate of drug-likeness (QED) is 0.820. The van der Waals surface area contributed by atoms with Gasteiger partial charge in [0.1, 0.15) is 11.4 Å². The zero-order valence-corrected chi connectivity index (χ0v) is 10.4. The molecule has 92 valence electrons. The van der Waals surface area contributed by atoms with Gasteiger partial charge in [-0.25, -0.2) is 0 Å². The van der Waals surface area contributed by atoms with E-state index in [4.69, 9.17) is 4.74 Å². The minimum Gasteiger partial charge on any atom is -0.484 e. The van der Waals surface area contributed by atoms with Gasteiger partial charge < -0.3 is 15.4 Å². The van der Waals surface area contributed by atoms with Crippen LogP contribution in [0.15, 0.2) is 18.2 Å². The summed E-state index contributed by atoms with van der Waals surface area (Å²) in [5.74, 6) is 1.02. The largest absolute Gasteiger partial charge is 0.484 e. The maximum Gasteiger partial charge on any atom is 0.143 e. The molecule has 2 aliphatic rings. The van der Waals surface area contributed by atoms with Gasteiger partial charge in [-0.1, -0.05) is 12.1 Å². The van der Waals surface area contributed by atoms with Gasteiger partial charge in [0, 0.05) is 13.1 Å². The second kappa shape index (κ2) is 4.22. The van der Waals surface area contributed by atoms with Crippen molar-refractivity contribution in [2.75, 3.05) is 25.0 Å². The van der Waals surface area contributed by atoms with Crippen LogP contribution in [0.4, 0.5) is 5.69 Å². The average Bonchev–Trinajstić information content (AvgIpc) is 2.79. The van der Waals surface area contributed by atoms with Gasteiger partial charge in [0.05, 0.1) is 5.69 Å². The van der Waals surface area contributed by atoms with Crippen LogP contribution in [0.2, 0.25) is 0 Å². The van der Waals surface area contributed by atoms with Crippen LogP contribution in [-0.2, 0) is 6.42 Å². The van der Waals surface area contributed by atoms with E-state index in [1.165, 1.54) is 17.7 Å². The molecule has 1 fully saturated rings. The summed E-state index contributed by atoms with van der Waals surface area (Å²) in [5.41, 5.74) is 2.53. The standard InChI is InChI=1S/C14H20N2O/c1-14(7-3-8-15-10-14)17-12-5-2-4-11-6-9-16-13(11)12/h2,4-5,15-16H,3,6-10H2,1H3. The lowest BCUT2D eigenvalue weighted by atomic mass is 9.96. The molecule has 2 N–H and O–H groups in total. The average molecular weight is 232 g/mol. The van der Waals surface area contributed by atoms with Crippen LogP contribution in [0.3, 0.4) is 0 Å². The minimum atomic E-state index is -0.0579. The van der Waals surface area contributed by atoms with Crippen LogP contribution >= 0.6 is 0 Å². The lowest BCUT2D eigenvalue weighted by Gasteiger charge is -2.35. The van der Waals surface area contributed by atoms with Gasteiger partial charge in [0.25, 0.3) is 0 Å². The molecule has 0 amide bonds. The van der Waals surface area contributed by atoms with Gasteiger partial charge >= 0.3 is 0 Å². The topological polar surface area (TPSA) is 33.3 Å². The van der Waals surface area contributed by atoms with Crippen LogP contribution in [0.5, 0.6) is 5.75 Å². The number of piperidine rings is 1. The lowest BCUT2D eigenvalue weighted by Crippen LogP contribution is -2.47. The van der Waals surface area contributed by atoms with Crippen molar-refractivity contribution in [1.29, 1.82) is 0 Å². The van der Waals surface area contributed by atoms with E-state index in [1.54, 1.807) is 0 Å². The molecule has 3 heteroatoms. The Kier molecular flexibility index (Phi) is 2.71. The highest BCUT2D eigenvalue weighted by atomic mass is 16.5. The van der Waals surface area contributed by atoms with Crippen molar-refractivity contribution in [2.45, 2.75) is 31.8 Å². The smallest absolute Gasteiger partial charge is 0.143 e. The van der Waals surface area contributed by atoms with Crippen LogP contribution in [-0.4, -0.2) is 25.2 Å². The molecule has 0 bridgehead atoms. The number of hydrogen-bond donors (Lipinski definition) is 2. The van der Waals surface area contributed by atoms with Gasteiger partial charge in [0.2, 0.25) is 0 Å². The summed E-state index contributed by atoms with van der Waals surface area (Å²) in [6.45, 7) is 5.29. The van der Waals surface area contributed by atoms with Crippen LogP contribution in [0, 0.1) is 0 Å². The van der Waals surface area contributed by atoms with E-state index in [-0.39, 0.29) is 5.60 Å². The Bertz CT molecular complexity index is 411. The lowest BCUT2D eigenvalue weighted by molar-refractivity contribution is 0.0622. The molecule has 0 aromatic heterocycles. The van der Waals surface area contributed by atoms with Crippen LogP contribution < -0.4 is 15.4 Å². The molecule has 3 nitrogen and oxygen atoms in total. The zero-order chi connectivity index (χ0) is 11.7. The van der Waals surface area contributed by atoms with E-state index in [1.807, 2.05) is 0 Å². The summed E-state index contributed by atoms with van der Waals surface area (Å²) in [6, 6.07) is 6.36. The number of rotatable bonds is 2. The summed E-state index contributed by atoms with van der Waals surface area (Å²) in [4.78, 5) is 0. The first-order chi connectivity index (χ1) is 8.27. The molecule has 2 heterocycles. The van der Waals surface area contributed by atoms with Gasteiger partial charge in [-0.3, -0.25) is 0 Å². The van der Waals surface area contributed by atoms with Crippen molar-refractivity contribution in [3.05, 3.63) is 23.8 Å². The van der Waals surface area contributed by atoms with Crippen molar-refractivity contribution in [2.24, 2.45) is 0 Å². The molecule has 1 saturated heterocycles. The molecule has 0 radical (unpaired) electrons. The molecule has 0 spiro atoms. The van der Waals surface area contributed by atoms with Crippen LogP contribution in [0.25, 0.3) is 0 Å². The third-order valence-corrected chi connectivity index (χ3v) is 3.72. The highest BCUT2D eigenvalue weighted by Gasteiger charge is 2.30. The van der Waals surface area contributed by atoms with Crippen LogP contribution in [0.1, 0.15) is 25.3 Å². The molecule has 0 saturated carbocycles. The van der Waals surface area contributed by atoms with Gasteiger partial charge in [0.15, 0.2) is 0 Å².